The van der Waals surface area contributed by atoms with E-state index in [1.165, 1.54) is 72.9 Å². The fourth-order valence-electron chi connectivity index (χ4n) is 6.14. The van der Waals surface area contributed by atoms with Gasteiger partial charge in [-0.2, -0.15) is 0 Å². The van der Waals surface area contributed by atoms with Crippen molar-refractivity contribution in [1.82, 2.24) is 0 Å². The molecule has 28 heavy (non-hydrogen) atoms. The monoisotopic (exact) mass is 384 g/mol. The molecule has 3 aliphatic carbocycles. The highest BCUT2D eigenvalue weighted by Gasteiger charge is 2.34. The lowest BCUT2D eigenvalue weighted by Gasteiger charge is -2.27. The maximum Gasteiger partial charge on any atom is -0.00641 e. The summed E-state index contributed by atoms with van der Waals surface area (Å²) in [6.07, 6.45) is 19.9. The van der Waals surface area contributed by atoms with Crippen LogP contribution in [0.15, 0.2) is 36.4 Å². The van der Waals surface area contributed by atoms with Crippen LogP contribution in [0.2, 0.25) is 0 Å². The van der Waals surface area contributed by atoms with E-state index in [0.29, 0.717) is 0 Å². The molecule has 1 aliphatic heterocycles. The molecule has 4 aliphatic rings. The fourth-order valence-corrected chi connectivity index (χ4v) is 9.52. The first-order valence-corrected chi connectivity index (χ1v) is 13.0. The second-order valence-electron chi connectivity index (χ2n) is 9.09. The second-order valence-corrected chi connectivity index (χ2v) is 11.7. The van der Waals surface area contributed by atoms with Crippen LogP contribution >= 0.6 is 7.92 Å². The van der Waals surface area contributed by atoms with Crippen LogP contribution in [-0.2, 0) is 6.16 Å². The van der Waals surface area contributed by atoms with Crippen molar-refractivity contribution >= 4 is 31.7 Å². The highest BCUT2D eigenvalue weighted by atomic mass is 31.1. The van der Waals surface area contributed by atoms with Crippen molar-refractivity contribution in [2.75, 3.05) is 6.16 Å². The van der Waals surface area contributed by atoms with Gasteiger partial charge in [0.15, 0.2) is 0 Å². The van der Waals surface area contributed by atoms with E-state index in [4.69, 9.17) is 0 Å². The van der Waals surface area contributed by atoms with Crippen molar-refractivity contribution in [2.24, 2.45) is 5.92 Å². The highest BCUT2D eigenvalue weighted by molar-refractivity contribution is 7.57. The number of rotatable bonds is 1. The van der Waals surface area contributed by atoms with Crippen LogP contribution in [0, 0.1) is 5.92 Å². The summed E-state index contributed by atoms with van der Waals surface area (Å²) in [5.41, 5.74) is 6.02. The Labute approximate surface area is 169 Å². The van der Waals surface area contributed by atoms with Crippen molar-refractivity contribution in [3.05, 3.63) is 68.4 Å². The van der Waals surface area contributed by atoms with E-state index < -0.39 is 0 Å². The molecule has 1 heteroatoms. The van der Waals surface area contributed by atoms with Crippen LogP contribution in [-0.4, -0.2) is 11.8 Å². The molecule has 142 valence electrons. The third kappa shape index (κ3) is 2.76. The lowest BCUT2D eigenvalue weighted by atomic mass is 9.82. The molecule has 6 rings (SSSR count). The van der Waals surface area contributed by atoms with Crippen LogP contribution in [0.4, 0.5) is 0 Å². The fraction of sp³-hybridized carbons (Fsp3) is 0.407. The van der Waals surface area contributed by atoms with Crippen LogP contribution < -0.4 is 20.9 Å². The Balaban J connectivity index is 1.67. The molecular weight excluding hydrogens is 355 g/mol. The van der Waals surface area contributed by atoms with E-state index in [-0.39, 0.29) is 7.92 Å². The van der Waals surface area contributed by atoms with Crippen LogP contribution in [0.1, 0.15) is 56.1 Å². The predicted octanol–water partition coefficient (Wildman–Crippen LogP) is 3.98. The van der Waals surface area contributed by atoms with Gasteiger partial charge in [0.1, 0.15) is 0 Å². The topological polar surface area (TPSA) is 0 Å². The smallest absolute Gasteiger partial charge is 0.00641 e. The minimum atomic E-state index is 0.103. The maximum atomic E-state index is 2.54. The molecule has 2 aromatic rings. The van der Waals surface area contributed by atoms with Gasteiger partial charge in [-0.1, -0.05) is 75.4 Å². The first kappa shape index (κ1) is 17.2. The van der Waals surface area contributed by atoms with Crippen molar-refractivity contribution in [3.63, 3.8) is 0 Å². The minimum absolute atomic E-state index is 0.103. The van der Waals surface area contributed by atoms with E-state index >= 15 is 0 Å². The zero-order chi connectivity index (χ0) is 18.5. The third-order valence-electron chi connectivity index (χ3n) is 7.47. The summed E-state index contributed by atoms with van der Waals surface area (Å²) in [6.45, 7) is 0. The molecule has 0 spiro atoms. The Morgan fingerprint density at radius 1 is 0.821 bits per heavy atom. The van der Waals surface area contributed by atoms with Crippen molar-refractivity contribution in [2.45, 2.75) is 56.8 Å². The molecule has 0 aromatic heterocycles. The average molecular weight is 385 g/mol. The van der Waals surface area contributed by atoms with Gasteiger partial charge in [-0.25, -0.2) is 0 Å². The highest BCUT2D eigenvalue weighted by Crippen LogP contribution is 2.56. The predicted molar refractivity (Wildman–Crippen MR) is 122 cm³/mol. The van der Waals surface area contributed by atoms with E-state index in [9.17, 15) is 0 Å². The van der Waals surface area contributed by atoms with Gasteiger partial charge in [-0.3, -0.25) is 0 Å². The summed E-state index contributed by atoms with van der Waals surface area (Å²) in [6, 6.07) is 14.1. The summed E-state index contributed by atoms with van der Waals surface area (Å²) >= 11 is 0. The number of fused-ring (bicyclic) bond motifs is 6. The van der Waals surface area contributed by atoms with Gasteiger partial charge in [-0.15, -0.1) is 0 Å². The SMILES string of the molecule is C1=c2ccccc2=C2c3c(ccc4c3=CCCC=4)CP(C3CCCC3)C[C@@H]2C1. The van der Waals surface area contributed by atoms with Crippen LogP contribution in [0.3, 0.4) is 0 Å². The zero-order valence-electron chi connectivity index (χ0n) is 16.7. The van der Waals surface area contributed by atoms with E-state index in [1.54, 1.807) is 21.9 Å². The van der Waals surface area contributed by atoms with Gasteiger partial charge in [-0.05, 0) is 93.6 Å². The molecule has 2 atom stereocenters. The van der Waals surface area contributed by atoms with E-state index in [2.05, 4.69) is 54.6 Å². The van der Waals surface area contributed by atoms with Gasteiger partial charge in [0.25, 0.3) is 0 Å². The van der Waals surface area contributed by atoms with Crippen molar-refractivity contribution in [3.8, 4) is 0 Å². The molecule has 0 radical (unpaired) electrons. The average Bonchev–Trinajstić information content (AvgIpc) is 3.22. The first-order valence-electron chi connectivity index (χ1n) is 11.2. The summed E-state index contributed by atoms with van der Waals surface area (Å²) < 4.78 is 0. The third-order valence-corrected chi connectivity index (χ3v) is 10.7. The standard InChI is InChI=1S/C27H29P/c1-5-11-24-19(7-1)13-15-21-17-28(23-9-3-4-10-23)18-22-16-14-20-8-2-6-12-25(20)27(22)26(21)24/h1,5,7-8,11-14,16,21,23H,2-4,6,9-10,15,17-18H2/t21-,28?/m0/s1. The Hall–Kier alpha value is -1.65. The van der Waals surface area contributed by atoms with Crippen LogP contribution in [0.5, 0.6) is 0 Å². The second kappa shape index (κ2) is 7.00. The minimum Gasteiger partial charge on any atom is -0.0984 e. The molecule has 0 bridgehead atoms. The molecule has 0 saturated heterocycles. The Kier molecular flexibility index (Phi) is 4.31. The van der Waals surface area contributed by atoms with E-state index in [0.717, 1.165) is 11.6 Å². The summed E-state index contributed by atoms with van der Waals surface area (Å²) in [5.74, 6) is 0.727. The van der Waals surface area contributed by atoms with Crippen molar-refractivity contribution < 1.29 is 0 Å². The molecule has 0 nitrogen and oxygen atoms in total. The molecule has 1 saturated carbocycles. The van der Waals surface area contributed by atoms with Crippen molar-refractivity contribution in [1.29, 1.82) is 0 Å². The lowest BCUT2D eigenvalue weighted by molar-refractivity contribution is 0.771. The lowest BCUT2D eigenvalue weighted by Crippen LogP contribution is -2.38. The number of benzene rings is 2. The Morgan fingerprint density at radius 2 is 1.68 bits per heavy atom. The molecule has 2 aromatic carbocycles. The summed E-state index contributed by atoms with van der Waals surface area (Å²) in [4.78, 5) is 0. The van der Waals surface area contributed by atoms with E-state index in [1.807, 2.05) is 0 Å². The maximum absolute atomic E-state index is 2.54. The Morgan fingerprint density at radius 3 is 2.61 bits per heavy atom. The van der Waals surface area contributed by atoms with Gasteiger partial charge in [0, 0.05) is 0 Å². The first-order chi connectivity index (χ1) is 13.9. The van der Waals surface area contributed by atoms with Gasteiger partial charge >= 0.3 is 0 Å². The molecule has 1 heterocycles. The van der Waals surface area contributed by atoms with Gasteiger partial charge in [0.2, 0.25) is 0 Å². The normalized spacial score (nSPS) is 25.9. The largest absolute Gasteiger partial charge is 0.0984 e. The number of hydrogen-bond donors (Lipinski definition) is 0. The quantitative estimate of drug-likeness (QED) is 0.653. The molecule has 1 fully saturated rings. The van der Waals surface area contributed by atoms with Gasteiger partial charge < -0.3 is 0 Å². The number of hydrogen-bond acceptors (Lipinski definition) is 0. The molecule has 0 N–H and O–H groups in total. The summed E-state index contributed by atoms with van der Waals surface area (Å²) in [5, 5.41) is 6.03. The van der Waals surface area contributed by atoms with Gasteiger partial charge in [0.05, 0.1) is 0 Å². The molecule has 0 amide bonds. The molecule has 1 unspecified atom stereocenters. The van der Waals surface area contributed by atoms with Crippen LogP contribution in [0.25, 0.3) is 23.8 Å². The summed E-state index contributed by atoms with van der Waals surface area (Å²) in [7, 11) is 0.103. The zero-order valence-corrected chi connectivity index (χ0v) is 17.6. The Bertz CT molecular complexity index is 1160. The molecular formula is C27H29P.